The van der Waals surface area contributed by atoms with Gasteiger partial charge in [-0.3, -0.25) is 4.99 Å². The Hall–Kier alpha value is -0.230. The third kappa shape index (κ3) is 4.17. The first-order chi connectivity index (χ1) is 8.13. The quantitative estimate of drug-likeness (QED) is 0.817. The molecule has 2 rings (SSSR count). The fourth-order valence-corrected chi connectivity index (χ4v) is 3.64. The van der Waals surface area contributed by atoms with Crippen LogP contribution in [0.3, 0.4) is 0 Å². The van der Waals surface area contributed by atoms with Gasteiger partial charge in [0, 0.05) is 14.5 Å². The van der Waals surface area contributed by atoms with E-state index in [1.165, 1.54) is 9.99 Å². The van der Waals surface area contributed by atoms with Crippen LogP contribution in [0.2, 0.25) is 0 Å². The summed E-state index contributed by atoms with van der Waals surface area (Å²) in [5, 5.41) is 5.11. The molecule has 1 unspecified atom stereocenters. The van der Waals surface area contributed by atoms with E-state index in [-0.39, 0.29) is 0 Å². The highest BCUT2D eigenvalue weighted by molar-refractivity contribution is 14.1. The molecule has 0 saturated carbocycles. The first-order valence-electron chi connectivity index (χ1n) is 5.87. The molecule has 92 valence electrons. The Morgan fingerprint density at radius 1 is 1.53 bits per heavy atom. The Morgan fingerprint density at radius 2 is 2.35 bits per heavy atom. The van der Waals surface area contributed by atoms with E-state index in [9.17, 15) is 0 Å². The molecule has 0 saturated heterocycles. The minimum atomic E-state index is 0.653. The van der Waals surface area contributed by atoms with Crippen LogP contribution in [0.5, 0.6) is 0 Å². The lowest BCUT2D eigenvalue weighted by Gasteiger charge is -2.11. The average molecular weight is 360 g/mol. The van der Waals surface area contributed by atoms with Gasteiger partial charge >= 0.3 is 0 Å². The molecule has 0 radical (unpaired) electrons. The summed E-state index contributed by atoms with van der Waals surface area (Å²) >= 11 is 4.20. The standard InChI is InChI=1S/C13H17IN2S/c1-9(2)6-12-8-15-13(17-12)16-11-5-3-4-10(14)7-11/h3-5,7,9,12H,6,8H2,1-2H3,(H,15,16). The Balaban J connectivity index is 1.89. The predicted molar refractivity (Wildman–Crippen MR) is 85.9 cm³/mol. The third-order valence-electron chi connectivity index (χ3n) is 2.53. The zero-order valence-corrected chi connectivity index (χ0v) is 13.1. The van der Waals surface area contributed by atoms with Crippen LogP contribution in [0.4, 0.5) is 5.69 Å². The first kappa shape index (κ1) is 13.2. The highest BCUT2D eigenvalue weighted by Crippen LogP contribution is 2.27. The molecule has 1 atom stereocenters. The largest absolute Gasteiger partial charge is 0.335 e. The van der Waals surface area contributed by atoms with E-state index >= 15 is 0 Å². The molecule has 17 heavy (non-hydrogen) atoms. The number of amidine groups is 1. The number of nitrogens with one attached hydrogen (secondary N) is 1. The van der Waals surface area contributed by atoms with Gasteiger partial charge in [0.15, 0.2) is 5.17 Å². The van der Waals surface area contributed by atoms with Gasteiger partial charge in [0.2, 0.25) is 0 Å². The Morgan fingerprint density at radius 3 is 3.06 bits per heavy atom. The molecule has 0 amide bonds. The van der Waals surface area contributed by atoms with Crippen molar-refractivity contribution in [2.45, 2.75) is 25.5 Å². The fourth-order valence-electron chi connectivity index (χ4n) is 1.82. The molecule has 1 heterocycles. The van der Waals surface area contributed by atoms with Crippen molar-refractivity contribution in [3.05, 3.63) is 27.8 Å². The van der Waals surface area contributed by atoms with Crippen LogP contribution in [0.1, 0.15) is 20.3 Å². The number of rotatable bonds is 3. The second kappa shape index (κ2) is 6.09. The summed E-state index contributed by atoms with van der Waals surface area (Å²) in [4.78, 5) is 4.56. The minimum Gasteiger partial charge on any atom is -0.335 e. The van der Waals surface area contributed by atoms with Gasteiger partial charge in [-0.1, -0.05) is 31.7 Å². The SMILES string of the molecule is CC(C)CC1CN=C(Nc2cccc(I)c2)S1. The number of benzene rings is 1. The monoisotopic (exact) mass is 360 g/mol. The van der Waals surface area contributed by atoms with Crippen molar-refractivity contribution in [1.29, 1.82) is 0 Å². The van der Waals surface area contributed by atoms with E-state index in [1.807, 2.05) is 11.8 Å². The Kier molecular flexibility index (Phi) is 4.73. The van der Waals surface area contributed by atoms with E-state index in [4.69, 9.17) is 0 Å². The lowest BCUT2D eigenvalue weighted by Crippen LogP contribution is -2.09. The molecule has 4 heteroatoms. The molecule has 0 spiro atoms. The van der Waals surface area contributed by atoms with Crippen molar-refractivity contribution in [3.8, 4) is 0 Å². The molecular formula is C13H17IN2S. The van der Waals surface area contributed by atoms with E-state index in [0.29, 0.717) is 5.25 Å². The molecule has 1 N–H and O–H groups in total. The van der Waals surface area contributed by atoms with Crippen LogP contribution in [-0.2, 0) is 0 Å². The summed E-state index contributed by atoms with van der Waals surface area (Å²) in [5.41, 5.74) is 1.13. The zero-order valence-electron chi connectivity index (χ0n) is 10.1. The lowest BCUT2D eigenvalue weighted by molar-refractivity contribution is 0.575. The maximum Gasteiger partial charge on any atom is 0.161 e. The van der Waals surface area contributed by atoms with Crippen LogP contribution < -0.4 is 5.32 Å². The van der Waals surface area contributed by atoms with Gasteiger partial charge in [0.1, 0.15) is 0 Å². The van der Waals surface area contributed by atoms with Crippen LogP contribution in [0.15, 0.2) is 29.3 Å². The summed E-state index contributed by atoms with van der Waals surface area (Å²) in [5.74, 6) is 0.750. The molecule has 1 aromatic carbocycles. The number of nitrogens with zero attached hydrogens (tertiary/aromatic N) is 1. The summed E-state index contributed by atoms with van der Waals surface area (Å²) in [6.45, 7) is 5.49. The number of anilines is 1. The maximum absolute atomic E-state index is 4.56. The highest BCUT2D eigenvalue weighted by atomic mass is 127. The Bertz CT molecular complexity index is 418. The van der Waals surface area contributed by atoms with Crippen LogP contribution in [0, 0.1) is 9.49 Å². The van der Waals surface area contributed by atoms with Crippen molar-refractivity contribution in [1.82, 2.24) is 0 Å². The van der Waals surface area contributed by atoms with Crippen molar-refractivity contribution < 1.29 is 0 Å². The summed E-state index contributed by atoms with van der Waals surface area (Å²) < 4.78 is 1.25. The van der Waals surface area contributed by atoms with Gasteiger partial charge in [0.25, 0.3) is 0 Å². The number of aliphatic imine (C=N–C) groups is 1. The van der Waals surface area contributed by atoms with Gasteiger partial charge in [-0.15, -0.1) is 0 Å². The minimum absolute atomic E-state index is 0.653. The Labute approximate surface area is 121 Å². The zero-order chi connectivity index (χ0) is 12.3. The van der Waals surface area contributed by atoms with Gasteiger partial charge in [-0.2, -0.15) is 0 Å². The van der Waals surface area contributed by atoms with E-state index in [2.05, 4.69) is 71.0 Å². The number of hydrogen-bond donors (Lipinski definition) is 1. The van der Waals surface area contributed by atoms with Gasteiger partial charge in [-0.05, 0) is 53.1 Å². The molecule has 0 aromatic heterocycles. The van der Waals surface area contributed by atoms with Crippen LogP contribution >= 0.6 is 34.4 Å². The van der Waals surface area contributed by atoms with Gasteiger partial charge < -0.3 is 5.32 Å². The molecule has 0 bridgehead atoms. The first-order valence-corrected chi connectivity index (χ1v) is 7.83. The fraction of sp³-hybridized carbons (Fsp3) is 0.462. The van der Waals surface area contributed by atoms with Crippen molar-refractivity contribution >= 4 is 45.2 Å². The summed E-state index contributed by atoms with van der Waals surface area (Å²) in [6.07, 6.45) is 1.24. The van der Waals surface area contributed by atoms with Crippen molar-refractivity contribution in [2.75, 3.05) is 11.9 Å². The molecule has 2 nitrogen and oxygen atoms in total. The maximum atomic E-state index is 4.56. The average Bonchev–Trinajstić information content (AvgIpc) is 2.64. The smallest absolute Gasteiger partial charge is 0.161 e. The lowest BCUT2D eigenvalue weighted by atomic mass is 10.1. The second-order valence-corrected chi connectivity index (χ2v) is 7.19. The molecule has 1 aromatic rings. The van der Waals surface area contributed by atoms with Crippen molar-refractivity contribution in [2.24, 2.45) is 10.9 Å². The molecule has 1 aliphatic rings. The highest BCUT2D eigenvalue weighted by Gasteiger charge is 2.20. The number of thioether (sulfide) groups is 1. The van der Waals surface area contributed by atoms with Crippen LogP contribution in [-0.4, -0.2) is 17.0 Å². The topological polar surface area (TPSA) is 24.4 Å². The number of hydrogen-bond acceptors (Lipinski definition) is 3. The normalized spacial score (nSPS) is 19.5. The summed E-state index contributed by atoms with van der Waals surface area (Å²) in [7, 11) is 0. The van der Waals surface area contributed by atoms with Crippen LogP contribution in [0.25, 0.3) is 0 Å². The second-order valence-electron chi connectivity index (χ2n) is 4.65. The molecular weight excluding hydrogens is 343 g/mol. The van der Waals surface area contributed by atoms with E-state index in [0.717, 1.165) is 23.3 Å². The van der Waals surface area contributed by atoms with Gasteiger partial charge in [-0.25, -0.2) is 0 Å². The van der Waals surface area contributed by atoms with E-state index < -0.39 is 0 Å². The van der Waals surface area contributed by atoms with Gasteiger partial charge in [0.05, 0.1) is 6.54 Å². The predicted octanol–water partition coefficient (Wildman–Crippen LogP) is 4.22. The summed E-state index contributed by atoms with van der Waals surface area (Å²) in [6, 6.07) is 8.38. The third-order valence-corrected chi connectivity index (χ3v) is 4.33. The molecule has 0 fully saturated rings. The van der Waals surface area contributed by atoms with Crippen molar-refractivity contribution in [3.63, 3.8) is 0 Å². The molecule has 1 aliphatic heterocycles. The number of halogens is 1. The van der Waals surface area contributed by atoms with E-state index in [1.54, 1.807) is 0 Å². The molecule has 0 aliphatic carbocycles.